The van der Waals surface area contributed by atoms with E-state index in [-0.39, 0.29) is 11.9 Å². The van der Waals surface area contributed by atoms with Crippen molar-refractivity contribution in [2.45, 2.75) is 38.6 Å². The van der Waals surface area contributed by atoms with E-state index in [1.54, 1.807) is 0 Å². The topological polar surface area (TPSA) is 38.3 Å². The van der Waals surface area contributed by atoms with Gasteiger partial charge >= 0.3 is 5.97 Å². The molecule has 0 aromatic carbocycles. The summed E-state index contributed by atoms with van der Waals surface area (Å²) in [5.41, 5.74) is 0. The molecule has 1 saturated carbocycles. The Morgan fingerprint density at radius 2 is 2.36 bits per heavy atom. The quantitative estimate of drug-likeness (QED) is 0.679. The average molecular weight is 197 g/mol. The van der Waals surface area contributed by atoms with Crippen LogP contribution in [-0.2, 0) is 9.53 Å². The van der Waals surface area contributed by atoms with E-state index >= 15 is 0 Å². The lowest BCUT2D eigenvalue weighted by atomic mass is 9.86. The number of esters is 1. The highest BCUT2D eigenvalue weighted by molar-refractivity contribution is 5.72. The van der Waals surface area contributed by atoms with Crippen molar-refractivity contribution < 1.29 is 9.53 Å². The van der Waals surface area contributed by atoms with Crippen molar-refractivity contribution in [3.05, 3.63) is 0 Å². The van der Waals surface area contributed by atoms with Crippen LogP contribution in [0, 0.1) is 11.8 Å². The van der Waals surface area contributed by atoms with Gasteiger partial charge in [-0.15, -0.1) is 0 Å². The van der Waals surface area contributed by atoms with Gasteiger partial charge < -0.3 is 10.1 Å². The van der Waals surface area contributed by atoms with Gasteiger partial charge in [0.1, 0.15) is 0 Å². The van der Waals surface area contributed by atoms with Gasteiger partial charge in [0.25, 0.3) is 0 Å². The zero-order valence-electron chi connectivity index (χ0n) is 8.79. The van der Waals surface area contributed by atoms with Gasteiger partial charge in [-0.3, -0.25) is 4.79 Å². The summed E-state index contributed by atoms with van der Waals surface area (Å²) in [7, 11) is 0. The molecule has 1 heterocycles. The molecule has 2 aliphatic rings. The van der Waals surface area contributed by atoms with Crippen LogP contribution in [0.25, 0.3) is 0 Å². The number of fused-ring (bicyclic) bond motifs is 1. The molecule has 2 rings (SSSR count). The van der Waals surface area contributed by atoms with E-state index in [1.807, 2.05) is 6.92 Å². The molecule has 0 radical (unpaired) electrons. The Morgan fingerprint density at radius 3 is 3.14 bits per heavy atom. The van der Waals surface area contributed by atoms with Crippen LogP contribution >= 0.6 is 0 Å². The van der Waals surface area contributed by atoms with Crippen molar-refractivity contribution >= 4 is 5.97 Å². The summed E-state index contributed by atoms with van der Waals surface area (Å²) in [5.74, 6) is 0.817. The largest absolute Gasteiger partial charge is 0.466 e. The lowest BCUT2D eigenvalue weighted by molar-refractivity contribution is -0.149. The first kappa shape index (κ1) is 9.97. The molecule has 0 amide bonds. The molecule has 0 spiro atoms. The molecule has 14 heavy (non-hydrogen) atoms. The van der Waals surface area contributed by atoms with Gasteiger partial charge in [-0.2, -0.15) is 0 Å². The lowest BCUT2D eigenvalue weighted by Crippen LogP contribution is -2.45. The monoisotopic (exact) mass is 197 g/mol. The van der Waals surface area contributed by atoms with E-state index in [4.69, 9.17) is 4.74 Å². The van der Waals surface area contributed by atoms with Gasteiger partial charge in [0.2, 0.25) is 0 Å². The Morgan fingerprint density at radius 1 is 1.50 bits per heavy atom. The molecule has 3 heteroatoms. The second-order valence-electron chi connectivity index (χ2n) is 4.39. The number of hydrogen-bond acceptors (Lipinski definition) is 3. The van der Waals surface area contributed by atoms with Crippen LogP contribution in [0.1, 0.15) is 32.6 Å². The first-order valence-electron chi connectivity index (χ1n) is 5.71. The van der Waals surface area contributed by atoms with E-state index in [2.05, 4.69) is 5.32 Å². The number of carbonyl (C=O) groups is 1. The van der Waals surface area contributed by atoms with E-state index in [1.165, 1.54) is 19.3 Å². The van der Waals surface area contributed by atoms with Crippen molar-refractivity contribution in [3.63, 3.8) is 0 Å². The summed E-state index contributed by atoms with van der Waals surface area (Å²) < 4.78 is 5.05. The molecule has 1 saturated heterocycles. The van der Waals surface area contributed by atoms with Crippen molar-refractivity contribution in [3.8, 4) is 0 Å². The SMILES string of the molecule is CCOC(=O)C1CN[C@H]2CCC[C@H]2C1. The standard InChI is InChI=1S/C11H19NO2/c1-2-14-11(13)9-6-8-4-3-5-10(8)12-7-9/h8-10,12H,2-7H2,1H3/t8-,9?,10-/m0/s1. The normalized spacial score (nSPS) is 36.5. The van der Waals surface area contributed by atoms with Crippen molar-refractivity contribution in [1.29, 1.82) is 0 Å². The maximum absolute atomic E-state index is 11.5. The van der Waals surface area contributed by atoms with Crippen molar-refractivity contribution in [2.24, 2.45) is 11.8 Å². The fourth-order valence-corrected chi connectivity index (χ4v) is 2.77. The lowest BCUT2D eigenvalue weighted by Gasteiger charge is -2.31. The smallest absolute Gasteiger partial charge is 0.310 e. The molecule has 80 valence electrons. The highest BCUT2D eigenvalue weighted by Gasteiger charge is 2.36. The first-order chi connectivity index (χ1) is 6.81. The summed E-state index contributed by atoms with van der Waals surface area (Å²) >= 11 is 0. The zero-order chi connectivity index (χ0) is 9.97. The molecule has 1 aliphatic heterocycles. The van der Waals surface area contributed by atoms with Gasteiger partial charge in [-0.25, -0.2) is 0 Å². The van der Waals surface area contributed by atoms with E-state index in [9.17, 15) is 4.79 Å². The Hall–Kier alpha value is -0.570. The third kappa shape index (κ3) is 1.92. The molecule has 3 atom stereocenters. The number of nitrogens with one attached hydrogen (secondary N) is 1. The minimum absolute atomic E-state index is 0.00894. The van der Waals surface area contributed by atoms with E-state index in [0.29, 0.717) is 12.6 Å². The Bertz CT molecular complexity index is 217. The second kappa shape index (κ2) is 4.30. The van der Waals surface area contributed by atoms with Crippen LogP contribution in [-0.4, -0.2) is 25.2 Å². The number of piperidine rings is 1. The summed E-state index contributed by atoms with van der Waals surface area (Å²) in [4.78, 5) is 11.5. The molecular weight excluding hydrogens is 178 g/mol. The minimum atomic E-state index is -0.00894. The molecular formula is C11H19NO2. The summed E-state index contributed by atoms with van der Waals surface area (Å²) in [6.45, 7) is 3.19. The molecule has 1 N–H and O–H groups in total. The maximum Gasteiger partial charge on any atom is 0.310 e. The first-order valence-corrected chi connectivity index (χ1v) is 5.71. The third-order valence-electron chi connectivity index (χ3n) is 3.49. The number of ether oxygens (including phenoxy) is 1. The van der Waals surface area contributed by atoms with E-state index in [0.717, 1.165) is 18.9 Å². The number of carbonyl (C=O) groups excluding carboxylic acids is 1. The predicted molar refractivity (Wildman–Crippen MR) is 53.9 cm³/mol. The van der Waals surface area contributed by atoms with Gasteiger partial charge in [0, 0.05) is 12.6 Å². The van der Waals surface area contributed by atoms with Gasteiger partial charge in [-0.05, 0) is 32.1 Å². The number of rotatable bonds is 2. The molecule has 2 fully saturated rings. The molecule has 0 aromatic heterocycles. The molecule has 1 aliphatic carbocycles. The zero-order valence-corrected chi connectivity index (χ0v) is 8.79. The second-order valence-corrected chi connectivity index (χ2v) is 4.39. The van der Waals surface area contributed by atoms with Crippen LogP contribution in [0.3, 0.4) is 0 Å². The Balaban J connectivity index is 1.87. The van der Waals surface area contributed by atoms with Crippen LogP contribution in [0.2, 0.25) is 0 Å². The Kier molecular flexibility index (Phi) is 3.06. The van der Waals surface area contributed by atoms with Crippen LogP contribution in [0.4, 0.5) is 0 Å². The van der Waals surface area contributed by atoms with E-state index < -0.39 is 0 Å². The molecule has 0 bridgehead atoms. The van der Waals surface area contributed by atoms with Crippen molar-refractivity contribution in [2.75, 3.05) is 13.2 Å². The van der Waals surface area contributed by atoms with Crippen LogP contribution < -0.4 is 5.32 Å². The summed E-state index contributed by atoms with van der Waals surface area (Å²) in [6, 6.07) is 0.681. The van der Waals surface area contributed by atoms with Gasteiger partial charge in [-0.1, -0.05) is 6.42 Å². The van der Waals surface area contributed by atoms with Crippen LogP contribution in [0.15, 0.2) is 0 Å². The molecule has 3 nitrogen and oxygen atoms in total. The maximum atomic E-state index is 11.5. The fourth-order valence-electron chi connectivity index (χ4n) is 2.77. The number of hydrogen-bond donors (Lipinski definition) is 1. The summed E-state index contributed by atoms with van der Waals surface area (Å²) in [5, 5.41) is 3.47. The average Bonchev–Trinajstić information content (AvgIpc) is 2.64. The highest BCUT2D eigenvalue weighted by atomic mass is 16.5. The Labute approximate surface area is 85.2 Å². The van der Waals surface area contributed by atoms with Crippen molar-refractivity contribution in [1.82, 2.24) is 5.32 Å². The van der Waals surface area contributed by atoms with Gasteiger partial charge in [0.15, 0.2) is 0 Å². The summed E-state index contributed by atoms with van der Waals surface area (Å²) in [6.07, 6.45) is 4.93. The fraction of sp³-hybridized carbons (Fsp3) is 0.909. The van der Waals surface area contributed by atoms with Gasteiger partial charge in [0.05, 0.1) is 12.5 Å². The highest BCUT2D eigenvalue weighted by Crippen LogP contribution is 2.34. The molecule has 0 aromatic rings. The third-order valence-corrected chi connectivity index (χ3v) is 3.49. The molecule has 1 unspecified atom stereocenters. The minimum Gasteiger partial charge on any atom is -0.466 e. The predicted octanol–water partition coefficient (Wildman–Crippen LogP) is 1.33. The van der Waals surface area contributed by atoms with Crippen LogP contribution in [0.5, 0.6) is 0 Å².